The average molecular weight is 456 g/mol. The van der Waals surface area contributed by atoms with Gasteiger partial charge in [-0.1, -0.05) is 12.1 Å². The SMILES string of the molecule is COc1ccc(C(CNS(=O)(=O)c2ccc(S(N)(=O)=O)cc2)N2CCOCC2)cc1. The van der Waals surface area contributed by atoms with E-state index in [0.717, 1.165) is 11.3 Å². The normalized spacial score (nSPS) is 16.9. The summed E-state index contributed by atoms with van der Waals surface area (Å²) in [7, 11) is -6.15. The molecule has 0 aliphatic carbocycles. The first kappa shape index (κ1) is 22.7. The van der Waals surface area contributed by atoms with Crippen LogP contribution in [0.5, 0.6) is 5.75 Å². The van der Waals surface area contributed by atoms with E-state index in [4.69, 9.17) is 14.6 Å². The molecule has 0 bridgehead atoms. The van der Waals surface area contributed by atoms with Gasteiger partial charge in [0.2, 0.25) is 20.0 Å². The maximum absolute atomic E-state index is 12.8. The van der Waals surface area contributed by atoms with E-state index in [9.17, 15) is 16.8 Å². The van der Waals surface area contributed by atoms with Crippen LogP contribution in [0.25, 0.3) is 0 Å². The number of hydrogen-bond donors (Lipinski definition) is 2. The molecule has 2 aromatic rings. The Morgan fingerprint density at radius 1 is 1.00 bits per heavy atom. The molecule has 1 aliphatic rings. The van der Waals surface area contributed by atoms with Crippen molar-refractivity contribution in [2.24, 2.45) is 5.14 Å². The standard InChI is InChI=1S/C19H25N3O6S2/c1-27-16-4-2-15(3-5-16)19(22-10-12-28-13-11-22)14-21-30(25,26)18-8-6-17(7-9-18)29(20,23)24/h2-9,19,21H,10-14H2,1H3,(H2,20,23,24). The molecule has 1 fully saturated rings. The van der Waals surface area contributed by atoms with Gasteiger partial charge in [-0.3, -0.25) is 4.90 Å². The minimum absolute atomic E-state index is 0.0367. The van der Waals surface area contributed by atoms with Gasteiger partial charge in [-0.25, -0.2) is 26.7 Å². The zero-order valence-electron chi connectivity index (χ0n) is 16.5. The molecular weight excluding hydrogens is 430 g/mol. The molecule has 0 spiro atoms. The van der Waals surface area contributed by atoms with Gasteiger partial charge in [0.25, 0.3) is 0 Å². The van der Waals surface area contributed by atoms with Crippen molar-refractivity contribution >= 4 is 20.0 Å². The van der Waals surface area contributed by atoms with Crippen molar-refractivity contribution in [2.45, 2.75) is 15.8 Å². The topological polar surface area (TPSA) is 128 Å². The Hall–Kier alpha value is -2.02. The molecule has 1 unspecified atom stereocenters. The van der Waals surface area contributed by atoms with Crippen LogP contribution in [0.4, 0.5) is 0 Å². The Labute approximate surface area is 176 Å². The third-order valence-electron chi connectivity index (χ3n) is 4.92. The molecule has 164 valence electrons. The van der Waals surface area contributed by atoms with Crippen molar-refractivity contribution in [3.63, 3.8) is 0 Å². The van der Waals surface area contributed by atoms with Crippen LogP contribution < -0.4 is 14.6 Å². The van der Waals surface area contributed by atoms with E-state index in [-0.39, 0.29) is 22.4 Å². The largest absolute Gasteiger partial charge is 0.497 e. The molecule has 0 saturated carbocycles. The fourth-order valence-electron chi connectivity index (χ4n) is 3.25. The van der Waals surface area contributed by atoms with Crippen LogP contribution in [-0.4, -0.2) is 61.7 Å². The van der Waals surface area contributed by atoms with E-state index in [0.29, 0.717) is 26.3 Å². The van der Waals surface area contributed by atoms with E-state index in [1.54, 1.807) is 7.11 Å². The fourth-order valence-corrected chi connectivity index (χ4v) is 4.81. The fraction of sp³-hybridized carbons (Fsp3) is 0.368. The maximum atomic E-state index is 12.8. The number of morpholine rings is 1. The molecule has 0 aromatic heterocycles. The molecule has 1 saturated heterocycles. The second-order valence-electron chi connectivity index (χ2n) is 6.81. The van der Waals surface area contributed by atoms with Crippen LogP contribution in [0.15, 0.2) is 58.3 Å². The number of rotatable bonds is 8. The lowest BCUT2D eigenvalue weighted by molar-refractivity contribution is 0.0172. The summed E-state index contributed by atoms with van der Waals surface area (Å²) < 4.78 is 61.5. The Morgan fingerprint density at radius 3 is 2.10 bits per heavy atom. The van der Waals surface area contributed by atoms with E-state index < -0.39 is 20.0 Å². The van der Waals surface area contributed by atoms with Crippen LogP contribution >= 0.6 is 0 Å². The number of hydrogen-bond acceptors (Lipinski definition) is 7. The lowest BCUT2D eigenvalue weighted by Crippen LogP contribution is -2.43. The lowest BCUT2D eigenvalue weighted by Gasteiger charge is -2.35. The summed E-state index contributed by atoms with van der Waals surface area (Å²) in [6.45, 7) is 2.66. The molecule has 3 rings (SSSR count). The van der Waals surface area contributed by atoms with Crippen molar-refractivity contribution in [3.05, 3.63) is 54.1 Å². The second kappa shape index (κ2) is 9.41. The number of sulfonamides is 2. The van der Waals surface area contributed by atoms with Crippen molar-refractivity contribution in [2.75, 3.05) is 40.0 Å². The van der Waals surface area contributed by atoms with Crippen LogP contribution in [-0.2, 0) is 24.8 Å². The van der Waals surface area contributed by atoms with Gasteiger partial charge in [0.1, 0.15) is 5.75 Å². The predicted octanol–water partition coefficient (Wildman–Crippen LogP) is 0.694. The Morgan fingerprint density at radius 2 is 1.57 bits per heavy atom. The first-order valence-electron chi connectivity index (χ1n) is 9.29. The third kappa shape index (κ3) is 5.56. The summed E-state index contributed by atoms with van der Waals surface area (Å²) in [5.41, 5.74) is 0.949. The van der Waals surface area contributed by atoms with Crippen LogP contribution in [0.3, 0.4) is 0 Å². The quantitative estimate of drug-likeness (QED) is 0.599. The molecule has 0 radical (unpaired) electrons. The van der Waals surface area contributed by atoms with Crippen molar-refractivity contribution in [1.29, 1.82) is 0 Å². The van der Waals surface area contributed by atoms with Gasteiger partial charge < -0.3 is 9.47 Å². The summed E-state index contributed by atoms with van der Waals surface area (Å²) >= 11 is 0. The predicted molar refractivity (Wildman–Crippen MR) is 111 cm³/mol. The smallest absolute Gasteiger partial charge is 0.240 e. The van der Waals surface area contributed by atoms with Gasteiger partial charge >= 0.3 is 0 Å². The highest BCUT2D eigenvalue weighted by atomic mass is 32.2. The first-order valence-corrected chi connectivity index (χ1v) is 12.3. The highest BCUT2D eigenvalue weighted by Crippen LogP contribution is 2.24. The molecule has 9 nitrogen and oxygen atoms in total. The van der Waals surface area contributed by atoms with E-state index >= 15 is 0 Å². The minimum atomic E-state index is -3.89. The van der Waals surface area contributed by atoms with Crippen molar-refractivity contribution in [1.82, 2.24) is 9.62 Å². The zero-order valence-corrected chi connectivity index (χ0v) is 18.2. The summed E-state index contributed by atoms with van der Waals surface area (Å²) in [6, 6.07) is 12.1. The minimum Gasteiger partial charge on any atom is -0.497 e. The van der Waals surface area contributed by atoms with Gasteiger partial charge in [-0.15, -0.1) is 0 Å². The highest BCUT2D eigenvalue weighted by Gasteiger charge is 2.25. The first-order chi connectivity index (χ1) is 14.2. The van der Waals surface area contributed by atoms with Gasteiger partial charge in [0, 0.05) is 25.7 Å². The van der Waals surface area contributed by atoms with Crippen LogP contribution in [0.2, 0.25) is 0 Å². The van der Waals surface area contributed by atoms with Gasteiger partial charge in [0.05, 0.1) is 30.1 Å². The third-order valence-corrected chi connectivity index (χ3v) is 7.28. The number of benzene rings is 2. The van der Waals surface area contributed by atoms with Gasteiger partial charge in [0.15, 0.2) is 0 Å². The monoisotopic (exact) mass is 455 g/mol. The molecule has 3 N–H and O–H groups in total. The number of primary sulfonamides is 1. The van der Waals surface area contributed by atoms with Gasteiger partial charge in [-0.2, -0.15) is 0 Å². The zero-order chi connectivity index (χ0) is 21.8. The molecule has 11 heteroatoms. The molecule has 0 amide bonds. The molecular formula is C19H25N3O6S2. The average Bonchev–Trinajstić information content (AvgIpc) is 2.74. The Balaban J connectivity index is 1.79. The highest BCUT2D eigenvalue weighted by molar-refractivity contribution is 7.89. The lowest BCUT2D eigenvalue weighted by atomic mass is 10.0. The van der Waals surface area contributed by atoms with E-state index in [1.165, 1.54) is 24.3 Å². The van der Waals surface area contributed by atoms with Crippen LogP contribution in [0, 0.1) is 0 Å². The maximum Gasteiger partial charge on any atom is 0.240 e. The molecule has 1 aliphatic heterocycles. The van der Waals surface area contributed by atoms with Gasteiger partial charge in [-0.05, 0) is 42.0 Å². The number of methoxy groups -OCH3 is 1. The van der Waals surface area contributed by atoms with E-state index in [1.807, 2.05) is 24.3 Å². The number of nitrogens with one attached hydrogen (secondary N) is 1. The summed E-state index contributed by atoms with van der Waals surface area (Å²) in [5, 5.41) is 5.06. The summed E-state index contributed by atoms with van der Waals surface area (Å²) in [5.74, 6) is 0.718. The Bertz CT molecular complexity index is 1050. The summed E-state index contributed by atoms with van der Waals surface area (Å²) in [4.78, 5) is 1.98. The second-order valence-corrected chi connectivity index (χ2v) is 10.1. The Kier molecular flexibility index (Phi) is 7.11. The number of ether oxygens (including phenoxy) is 2. The number of nitrogens with zero attached hydrogens (tertiary/aromatic N) is 1. The van der Waals surface area contributed by atoms with E-state index in [2.05, 4.69) is 9.62 Å². The number of nitrogens with two attached hydrogens (primary N) is 1. The molecule has 2 aromatic carbocycles. The van der Waals surface area contributed by atoms with Crippen molar-refractivity contribution < 1.29 is 26.3 Å². The molecule has 1 heterocycles. The van der Waals surface area contributed by atoms with Crippen LogP contribution in [0.1, 0.15) is 11.6 Å². The summed E-state index contributed by atoms with van der Waals surface area (Å²) in [6.07, 6.45) is 0. The molecule has 30 heavy (non-hydrogen) atoms. The molecule has 1 atom stereocenters. The van der Waals surface area contributed by atoms with Crippen molar-refractivity contribution in [3.8, 4) is 5.75 Å².